The molecule has 1 unspecified atom stereocenters. The Balaban J connectivity index is 2.00. The maximum absolute atomic E-state index is 6.25. The van der Waals surface area contributed by atoms with Crippen molar-refractivity contribution in [2.45, 2.75) is 32.2 Å². The molecule has 0 aliphatic carbocycles. The summed E-state index contributed by atoms with van der Waals surface area (Å²) >= 11 is 6.25. The summed E-state index contributed by atoms with van der Waals surface area (Å²) in [6.45, 7) is 7.22. The summed E-state index contributed by atoms with van der Waals surface area (Å²) in [5, 5.41) is 0.745. The van der Waals surface area contributed by atoms with Crippen LogP contribution in [0.2, 0.25) is 5.02 Å². The van der Waals surface area contributed by atoms with Gasteiger partial charge in [0.2, 0.25) is 0 Å². The van der Waals surface area contributed by atoms with E-state index >= 15 is 0 Å². The Hall–Kier alpha value is -0.840. The van der Waals surface area contributed by atoms with Crippen molar-refractivity contribution >= 4 is 17.4 Å². The van der Waals surface area contributed by atoms with Crippen LogP contribution in [0.5, 0.6) is 0 Å². The highest BCUT2D eigenvalue weighted by atomic mass is 35.5. The summed E-state index contributed by atoms with van der Waals surface area (Å²) < 4.78 is 0. The van der Waals surface area contributed by atoms with E-state index in [1.165, 1.54) is 6.42 Å². The van der Waals surface area contributed by atoms with Crippen molar-refractivity contribution in [2.75, 3.05) is 37.6 Å². The van der Waals surface area contributed by atoms with E-state index in [0.717, 1.165) is 56.4 Å². The summed E-state index contributed by atoms with van der Waals surface area (Å²) in [5.41, 5.74) is 5.72. The summed E-state index contributed by atoms with van der Waals surface area (Å²) in [4.78, 5) is 9.30. The van der Waals surface area contributed by atoms with Gasteiger partial charge in [-0.2, -0.15) is 0 Å². The van der Waals surface area contributed by atoms with Crippen molar-refractivity contribution in [1.82, 2.24) is 9.88 Å². The SMILES string of the molecule is CCC(CCN)N1CCCN(c2ncccc2Cl)CC1. The minimum absolute atomic E-state index is 0.610. The highest BCUT2D eigenvalue weighted by Crippen LogP contribution is 2.24. The van der Waals surface area contributed by atoms with E-state index in [-0.39, 0.29) is 0 Å². The van der Waals surface area contributed by atoms with Gasteiger partial charge in [0, 0.05) is 38.4 Å². The largest absolute Gasteiger partial charge is 0.354 e. The third kappa shape index (κ3) is 3.84. The lowest BCUT2D eigenvalue weighted by Crippen LogP contribution is -2.39. The number of hydrogen-bond acceptors (Lipinski definition) is 4. The van der Waals surface area contributed by atoms with Crippen LogP contribution < -0.4 is 10.6 Å². The molecule has 0 saturated carbocycles. The fourth-order valence-corrected chi connectivity index (χ4v) is 3.20. The van der Waals surface area contributed by atoms with Gasteiger partial charge < -0.3 is 10.6 Å². The van der Waals surface area contributed by atoms with E-state index in [9.17, 15) is 0 Å². The first-order chi connectivity index (χ1) is 9.76. The highest BCUT2D eigenvalue weighted by Gasteiger charge is 2.21. The molecule has 0 bridgehead atoms. The van der Waals surface area contributed by atoms with Crippen LogP contribution in [-0.2, 0) is 0 Å². The smallest absolute Gasteiger partial charge is 0.147 e. The molecule has 1 aliphatic rings. The van der Waals surface area contributed by atoms with Crippen molar-refractivity contribution < 1.29 is 0 Å². The van der Waals surface area contributed by atoms with E-state index in [2.05, 4.69) is 21.7 Å². The van der Waals surface area contributed by atoms with Gasteiger partial charge in [0.1, 0.15) is 5.82 Å². The molecule has 2 rings (SSSR count). The Morgan fingerprint density at radius 3 is 2.90 bits per heavy atom. The van der Waals surface area contributed by atoms with Gasteiger partial charge in [0.25, 0.3) is 0 Å². The van der Waals surface area contributed by atoms with Gasteiger partial charge in [-0.25, -0.2) is 4.98 Å². The molecule has 1 fully saturated rings. The molecule has 1 aromatic heterocycles. The predicted octanol–water partition coefficient (Wildman–Crippen LogP) is 2.37. The Bertz CT molecular complexity index is 413. The Kier molecular flexibility index (Phi) is 6.07. The van der Waals surface area contributed by atoms with Gasteiger partial charge in [-0.3, -0.25) is 4.90 Å². The van der Waals surface area contributed by atoms with Gasteiger partial charge in [-0.15, -0.1) is 0 Å². The van der Waals surface area contributed by atoms with Crippen molar-refractivity contribution in [3.05, 3.63) is 23.4 Å². The number of hydrogen-bond donors (Lipinski definition) is 1. The normalized spacial score (nSPS) is 18.9. The highest BCUT2D eigenvalue weighted by molar-refractivity contribution is 6.32. The lowest BCUT2D eigenvalue weighted by molar-refractivity contribution is 0.196. The first-order valence-corrected chi connectivity index (χ1v) is 7.93. The molecule has 1 saturated heterocycles. The molecule has 4 nitrogen and oxygen atoms in total. The molecule has 1 aromatic rings. The van der Waals surface area contributed by atoms with Crippen LogP contribution in [0.4, 0.5) is 5.82 Å². The zero-order chi connectivity index (χ0) is 14.4. The molecule has 0 spiro atoms. The molecule has 1 atom stereocenters. The minimum atomic E-state index is 0.610. The quantitative estimate of drug-likeness (QED) is 0.906. The zero-order valence-electron chi connectivity index (χ0n) is 12.3. The molecule has 112 valence electrons. The molecule has 1 aliphatic heterocycles. The van der Waals surface area contributed by atoms with E-state index < -0.39 is 0 Å². The Labute approximate surface area is 126 Å². The monoisotopic (exact) mass is 296 g/mol. The van der Waals surface area contributed by atoms with Crippen LogP contribution in [0.3, 0.4) is 0 Å². The van der Waals surface area contributed by atoms with E-state index in [4.69, 9.17) is 17.3 Å². The van der Waals surface area contributed by atoms with Gasteiger partial charge in [-0.05, 0) is 37.9 Å². The zero-order valence-corrected chi connectivity index (χ0v) is 13.0. The van der Waals surface area contributed by atoms with Crippen molar-refractivity contribution in [3.8, 4) is 0 Å². The standard InChI is InChI=1S/C15H25ClN4/c1-2-13(6-7-17)19-9-4-10-20(12-11-19)15-14(16)5-3-8-18-15/h3,5,8,13H,2,4,6-7,9-12,17H2,1H3. The van der Waals surface area contributed by atoms with Crippen LogP contribution in [0.25, 0.3) is 0 Å². The molecular weight excluding hydrogens is 272 g/mol. The van der Waals surface area contributed by atoms with E-state index in [1.54, 1.807) is 0 Å². The van der Waals surface area contributed by atoms with Gasteiger partial charge in [-0.1, -0.05) is 18.5 Å². The number of rotatable bonds is 5. The summed E-state index contributed by atoms with van der Waals surface area (Å²) in [7, 11) is 0. The number of nitrogens with zero attached hydrogens (tertiary/aromatic N) is 3. The van der Waals surface area contributed by atoms with Crippen LogP contribution in [0.15, 0.2) is 18.3 Å². The third-order valence-electron chi connectivity index (χ3n) is 4.06. The van der Waals surface area contributed by atoms with Crippen molar-refractivity contribution in [2.24, 2.45) is 5.73 Å². The first kappa shape index (κ1) is 15.5. The van der Waals surface area contributed by atoms with Crippen molar-refractivity contribution in [1.29, 1.82) is 0 Å². The lowest BCUT2D eigenvalue weighted by Gasteiger charge is -2.29. The van der Waals surface area contributed by atoms with Gasteiger partial charge in [0.05, 0.1) is 5.02 Å². The van der Waals surface area contributed by atoms with Crippen LogP contribution in [0, 0.1) is 0 Å². The minimum Gasteiger partial charge on any atom is -0.354 e. The van der Waals surface area contributed by atoms with Gasteiger partial charge >= 0.3 is 0 Å². The molecular formula is C15H25ClN4. The maximum Gasteiger partial charge on any atom is 0.147 e. The second kappa shape index (κ2) is 7.81. The summed E-state index contributed by atoms with van der Waals surface area (Å²) in [6.07, 6.45) is 5.21. The topological polar surface area (TPSA) is 45.4 Å². The number of anilines is 1. The number of aromatic nitrogens is 1. The molecule has 0 aromatic carbocycles. The average Bonchev–Trinajstić information content (AvgIpc) is 2.71. The first-order valence-electron chi connectivity index (χ1n) is 7.55. The molecule has 0 amide bonds. The third-order valence-corrected chi connectivity index (χ3v) is 4.35. The summed E-state index contributed by atoms with van der Waals surface area (Å²) in [6, 6.07) is 4.40. The van der Waals surface area contributed by atoms with Crippen LogP contribution >= 0.6 is 11.6 Å². The van der Waals surface area contributed by atoms with Crippen molar-refractivity contribution in [3.63, 3.8) is 0 Å². The van der Waals surface area contributed by atoms with E-state index in [0.29, 0.717) is 6.04 Å². The van der Waals surface area contributed by atoms with Crippen LogP contribution in [0.1, 0.15) is 26.2 Å². The fraction of sp³-hybridized carbons (Fsp3) is 0.667. The van der Waals surface area contributed by atoms with Crippen LogP contribution in [-0.4, -0.2) is 48.6 Å². The van der Waals surface area contributed by atoms with Gasteiger partial charge in [0.15, 0.2) is 0 Å². The Morgan fingerprint density at radius 1 is 1.35 bits per heavy atom. The predicted molar refractivity (Wildman–Crippen MR) is 85.4 cm³/mol. The average molecular weight is 297 g/mol. The second-order valence-corrected chi connectivity index (χ2v) is 5.73. The molecule has 5 heteroatoms. The fourth-order valence-electron chi connectivity index (χ4n) is 2.96. The maximum atomic E-state index is 6.25. The lowest BCUT2D eigenvalue weighted by atomic mass is 10.1. The Morgan fingerprint density at radius 2 is 2.20 bits per heavy atom. The van der Waals surface area contributed by atoms with E-state index in [1.807, 2.05) is 18.3 Å². The second-order valence-electron chi connectivity index (χ2n) is 5.32. The number of pyridine rings is 1. The molecule has 2 N–H and O–H groups in total. The molecule has 0 radical (unpaired) electrons. The summed E-state index contributed by atoms with van der Waals surface area (Å²) in [5.74, 6) is 0.919. The molecule has 20 heavy (non-hydrogen) atoms. The molecule has 2 heterocycles. The number of nitrogens with two attached hydrogens (primary N) is 1. The number of halogens is 1.